The summed E-state index contributed by atoms with van der Waals surface area (Å²) < 4.78 is 14.9. The first-order valence-corrected chi connectivity index (χ1v) is 12.4. The largest absolute Gasteiger partial charge is 0.507 e. The van der Waals surface area contributed by atoms with E-state index in [0.717, 1.165) is 31.9 Å². The third kappa shape index (κ3) is 5.62. The fourth-order valence-electron chi connectivity index (χ4n) is 4.38. The number of piperazine rings is 1. The van der Waals surface area contributed by atoms with E-state index in [1.54, 1.807) is 41.6 Å². The molecule has 7 N–H and O–H groups in total. The van der Waals surface area contributed by atoms with Crippen molar-refractivity contribution in [2.75, 3.05) is 61.2 Å². The molecular formula is C27H31ClFN7O2. The number of nitrogens with zero attached hydrogens (tertiary/aromatic N) is 3. The van der Waals surface area contributed by atoms with Crippen LogP contribution < -0.4 is 32.1 Å². The molecule has 1 aliphatic heterocycles. The number of carbonyl (C=O) groups is 1. The summed E-state index contributed by atoms with van der Waals surface area (Å²) in [6.45, 7) is 3.08. The van der Waals surface area contributed by atoms with E-state index in [1.807, 2.05) is 20.2 Å². The molecular weight excluding hydrogens is 509 g/mol. The minimum Gasteiger partial charge on any atom is -0.507 e. The third-order valence-corrected chi connectivity index (χ3v) is 6.64. The number of nitrogen functional groups attached to an aromatic ring is 2. The number of aromatic hydroxyl groups is 1. The summed E-state index contributed by atoms with van der Waals surface area (Å²) >= 11 is 6.51. The van der Waals surface area contributed by atoms with E-state index in [4.69, 9.17) is 23.2 Å². The van der Waals surface area contributed by atoms with Crippen molar-refractivity contribution in [3.8, 4) is 28.0 Å². The lowest BCUT2D eigenvalue weighted by molar-refractivity contribution is -0.106. The molecule has 0 aliphatic carbocycles. The van der Waals surface area contributed by atoms with Crippen molar-refractivity contribution in [3.63, 3.8) is 0 Å². The number of nitrogens with two attached hydrogens (primary N) is 2. The van der Waals surface area contributed by atoms with Crippen LogP contribution in [-0.2, 0) is 4.79 Å². The van der Waals surface area contributed by atoms with Gasteiger partial charge in [0.2, 0.25) is 6.41 Å². The van der Waals surface area contributed by atoms with Crippen LogP contribution in [0.1, 0.15) is 0 Å². The normalized spacial score (nSPS) is 13.6. The van der Waals surface area contributed by atoms with E-state index in [0.29, 0.717) is 34.6 Å². The number of hydrogen-bond acceptors (Lipinski definition) is 8. The van der Waals surface area contributed by atoms with Crippen molar-refractivity contribution < 1.29 is 14.3 Å². The molecule has 38 heavy (non-hydrogen) atoms. The molecule has 0 atom stereocenters. The highest BCUT2D eigenvalue weighted by molar-refractivity contribution is 6.34. The van der Waals surface area contributed by atoms with Crippen LogP contribution in [0.25, 0.3) is 22.3 Å². The first-order valence-electron chi connectivity index (χ1n) is 12.0. The van der Waals surface area contributed by atoms with Crippen LogP contribution >= 0.6 is 11.6 Å². The monoisotopic (exact) mass is 539 g/mol. The summed E-state index contributed by atoms with van der Waals surface area (Å²) in [7, 11) is 3.66. The van der Waals surface area contributed by atoms with Crippen LogP contribution in [0, 0.1) is 5.82 Å². The number of anilines is 4. The number of halogens is 2. The Morgan fingerprint density at radius 1 is 1.08 bits per heavy atom. The lowest BCUT2D eigenvalue weighted by atomic mass is 9.95. The molecule has 3 aromatic rings. The van der Waals surface area contributed by atoms with Gasteiger partial charge in [0.05, 0.1) is 27.8 Å². The lowest BCUT2D eigenvalue weighted by Gasteiger charge is -2.31. The van der Waals surface area contributed by atoms with Gasteiger partial charge in [0.1, 0.15) is 11.6 Å². The van der Waals surface area contributed by atoms with Crippen molar-refractivity contribution in [1.29, 1.82) is 0 Å². The highest BCUT2D eigenvalue weighted by atomic mass is 35.5. The van der Waals surface area contributed by atoms with Gasteiger partial charge in [0, 0.05) is 63.8 Å². The van der Waals surface area contributed by atoms with Gasteiger partial charge in [-0.1, -0.05) is 17.7 Å². The fourth-order valence-corrected chi connectivity index (χ4v) is 4.66. The second-order valence-corrected chi connectivity index (χ2v) is 9.54. The summed E-state index contributed by atoms with van der Waals surface area (Å²) in [5.41, 5.74) is 12.7. The van der Waals surface area contributed by atoms with Crippen LogP contribution in [0.5, 0.6) is 5.75 Å². The summed E-state index contributed by atoms with van der Waals surface area (Å²) in [6.07, 6.45) is 3.92. The molecule has 0 saturated carbocycles. The van der Waals surface area contributed by atoms with Gasteiger partial charge >= 0.3 is 0 Å². The number of carbonyl (C=O) groups excluding carboxylic acids is 1. The van der Waals surface area contributed by atoms with Crippen LogP contribution in [-0.4, -0.2) is 56.7 Å². The van der Waals surface area contributed by atoms with Crippen LogP contribution in [0.3, 0.4) is 0 Å². The van der Waals surface area contributed by atoms with E-state index in [1.165, 1.54) is 17.0 Å². The van der Waals surface area contributed by atoms with Gasteiger partial charge in [-0.25, -0.2) is 4.39 Å². The Kier molecular flexibility index (Phi) is 8.26. The molecule has 0 bridgehead atoms. The lowest BCUT2D eigenvalue weighted by Crippen LogP contribution is -2.43. The maximum Gasteiger partial charge on any atom is 0.218 e. The number of rotatable bonds is 8. The summed E-state index contributed by atoms with van der Waals surface area (Å²) in [6, 6.07) is 10.9. The molecule has 0 radical (unpaired) electrons. The zero-order chi connectivity index (χ0) is 27.4. The highest BCUT2D eigenvalue weighted by Crippen LogP contribution is 2.44. The summed E-state index contributed by atoms with van der Waals surface area (Å²) in [5.74, 6) is 5.07. The quantitative estimate of drug-likeness (QED) is 0.127. The standard InChI is InChI=1S/C27H31ClFN7O2/c1-34(2)9-10-36(16-37)24-4-3-17(11-22(24)28)20-14-19(29)15-21(27(20)38)18-12-23(33-31)26(30)25(13-18)35-7-5-32-6-8-35/h3-4,9-16,32-33,38H,5-8,30-31H2,1-2H3/b10-9-. The van der Waals surface area contributed by atoms with Crippen molar-refractivity contribution >= 4 is 40.8 Å². The molecule has 11 heteroatoms. The topological polar surface area (TPSA) is 123 Å². The van der Waals surface area contributed by atoms with Gasteiger partial charge in [-0.2, -0.15) is 0 Å². The fraction of sp³-hybridized carbons (Fsp3) is 0.222. The molecule has 0 unspecified atom stereocenters. The number of hydrogen-bond donors (Lipinski definition) is 5. The molecule has 1 amide bonds. The molecule has 3 aromatic carbocycles. The highest BCUT2D eigenvalue weighted by Gasteiger charge is 2.21. The average molecular weight is 540 g/mol. The molecule has 0 spiro atoms. The summed E-state index contributed by atoms with van der Waals surface area (Å²) in [5, 5.41) is 14.9. The smallest absolute Gasteiger partial charge is 0.218 e. The summed E-state index contributed by atoms with van der Waals surface area (Å²) in [4.78, 5) is 16.9. The first-order chi connectivity index (χ1) is 18.2. The number of nitrogens with one attached hydrogen (secondary N) is 2. The molecule has 1 aliphatic rings. The Labute approximate surface area is 226 Å². The van der Waals surface area contributed by atoms with Gasteiger partial charge in [0.25, 0.3) is 0 Å². The van der Waals surface area contributed by atoms with Gasteiger partial charge in [0.15, 0.2) is 0 Å². The van der Waals surface area contributed by atoms with Crippen molar-refractivity contribution in [2.24, 2.45) is 5.84 Å². The van der Waals surface area contributed by atoms with Crippen molar-refractivity contribution in [3.05, 3.63) is 65.7 Å². The Morgan fingerprint density at radius 3 is 2.37 bits per heavy atom. The number of benzene rings is 3. The number of hydrazine groups is 1. The number of phenols is 1. The molecule has 1 fully saturated rings. The van der Waals surface area contributed by atoms with Gasteiger partial charge in [-0.05, 0) is 47.5 Å². The van der Waals surface area contributed by atoms with Crippen LogP contribution in [0.15, 0.2) is 54.9 Å². The van der Waals surface area contributed by atoms with Gasteiger partial charge < -0.3 is 31.4 Å². The van der Waals surface area contributed by atoms with E-state index < -0.39 is 5.82 Å². The van der Waals surface area contributed by atoms with Crippen molar-refractivity contribution in [2.45, 2.75) is 0 Å². The zero-order valence-corrected chi connectivity index (χ0v) is 22.0. The van der Waals surface area contributed by atoms with E-state index in [9.17, 15) is 14.3 Å². The molecule has 1 saturated heterocycles. The maximum atomic E-state index is 14.9. The van der Waals surface area contributed by atoms with Crippen LogP contribution in [0.4, 0.5) is 27.1 Å². The Bertz CT molecular complexity index is 1360. The minimum absolute atomic E-state index is 0.131. The Hall–Kier alpha value is -3.99. The minimum atomic E-state index is -0.542. The number of amides is 1. The molecule has 9 nitrogen and oxygen atoms in total. The predicted molar refractivity (Wildman–Crippen MR) is 153 cm³/mol. The van der Waals surface area contributed by atoms with E-state index >= 15 is 0 Å². The molecule has 0 aromatic heterocycles. The SMILES string of the molecule is CN(C)/C=C\N(C=O)c1ccc(-c2cc(F)cc(-c3cc(NN)c(N)c(N4CCNCC4)c3)c2O)cc1Cl. The molecule has 4 rings (SSSR count). The Balaban J connectivity index is 1.79. The van der Waals surface area contributed by atoms with E-state index in [2.05, 4.69) is 15.6 Å². The number of phenolic OH excluding ortho intramolecular Hbond substituents is 1. The molecule has 1 heterocycles. The van der Waals surface area contributed by atoms with E-state index in [-0.39, 0.29) is 21.9 Å². The zero-order valence-electron chi connectivity index (χ0n) is 21.2. The Morgan fingerprint density at radius 2 is 1.76 bits per heavy atom. The maximum absolute atomic E-state index is 14.9. The van der Waals surface area contributed by atoms with Crippen LogP contribution in [0.2, 0.25) is 5.02 Å². The second kappa shape index (κ2) is 11.6. The van der Waals surface area contributed by atoms with Gasteiger partial charge in [-0.15, -0.1) is 0 Å². The van der Waals surface area contributed by atoms with Crippen molar-refractivity contribution in [1.82, 2.24) is 10.2 Å². The molecule has 200 valence electrons. The third-order valence-electron chi connectivity index (χ3n) is 6.33. The second-order valence-electron chi connectivity index (χ2n) is 9.13. The van der Waals surface area contributed by atoms with Gasteiger partial charge in [-0.3, -0.25) is 15.5 Å². The first kappa shape index (κ1) is 27.1. The average Bonchev–Trinajstić information content (AvgIpc) is 2.91. The predicted octanol–water partition coefficient (Wildman–Crippen LogP) is 3.79.